The van der Waals surface area contributed by atoms with Gasteiger partial charge in [0.1, 0.15) is 6.10 Å². The second kappa shape index (κ2) is 3.56. The van der Waals surface area contributed by atoms with Gasteiger partial charge in [0.15, 0.2) is 5.79 Å². The molecule has 2 atom stereocenters. The molecule has 1 N–H and O–H groups in total. The van der Waals surface area contributed by atoms with Gasteiger partial charge < -0.3 is 14.6 Å². The zero-order valence-corrected chi connectivity index (χ0v) is 8.16. The smallest absolute Gasteiger partial charge is 0.169 e. The van der Waals surface area contributed by atoms with Gasteiger partial charge >= 0.3 is 0 Å². The maximum Gasteiger partial charge on any atom is 0.169 e. The Morgan fingerprint density at radius 3 is 2.54 bits per heavy atom. The van der Waals surface area contributed by atoms with E-state index in [0.29, 0.717) is 6.61 Å². The number of aliphatic hydroxyl groups is 1. The molecule has 0 bridgehead atoms. The van der Waals surface area contributed by atoms with Gasteiger partial charge in [0.25, 0.3) is 0 Å². The first kappa shape index (κ1) is 9.44. The molecular formula is C10H18O3. The molecule has 0 aromatic heterocycles. The minimum absolute atomic E-state index is 0.113. The van der Waals surface area contributed by atoms with Crippen molar-refractivity contribution >= 4 is 0 Å². The lowest BCUT2D eigenvalue weighted by atomic mass is 9.94. The molecular weight excluding hydrogens is 168 g/mol. The highest BCUT2D eigenvalue weighted by Crippen LogP contribution is 2.38. The van der Waals surface area contributed by atoms with Gasteiger partial charge in [-0.25, -0.2) is 0 Å². The molecule has 1 saturated heterocycles. The first-order valence-electron chi connectivity index (χ1n) is 5.22. The Hall–Kier alpha value is -0.120. The van der Waals surface area contributed by atoms with Crippen LogP contribution in [0.5, 0.6) is 0 Å². The van der Waals surface area contributed by atoms with Gasteiger partial charge in [-0.1, -0.05) is 6.42 Å². The van der Waals surface area contributed by atoms with Crippen molar-refractivity contribution in [2.75, 3.05) is 6.61 Å². The summed E-state index contributed by atoms with van der Waals surface area (Å²) in [6.45, 7) is 2.31. The highest BCUT2D eigenvalue weighted by atomic mass is 16.7. The van der Waals surface area contributed by atoms with E-state index in [1.807, 2.05) is 0 Å². The third-order valence-corrected chi connectivity index (χ3v) is 3.03. The van der Waals surface area contributed by atoms with E-state index in [1.165, 1.54) is 19.3 Å². The lowest BCUT2D eigenvalue weighted by molar-refractivity contribution is -0.194. The topological polar surface area (TPSA) is 38.7 Å². The second-order valence-electron chi connectivity index (χ2n) is 4.18. The fourth-order valence-corrected chi connectivity index (χ4v) is 2.17. The van der Waals surface area contributed by atoms with Crippen molar-refractivity contribution < 1.29 is 14.6 Å². The van der Waals surface area contributed by atoms with Crippen LogP contribution in [0.4, 0.5) is 0 Å². The van der Waals surface area contributed by atoms with E-state index >= 15 is 0 Å². The first-order chi connectivity index (χ1) is 6.22. The van der Waals surface area contributed by atoms with Gasteiger partial charge in [-0.05, 0) is 19.8 Å². The van der Waals surface area contributed by atoms with Crippen LogP contribution < -0.4 is 0 Å². The lowest BCUT2D eigenvalue weighted by Gasteiger charge is -2.32. The monoisotopic (exact) mass is 186 g/mol. The number of hydrogen-bond acceptors (Lipinski definition) is 3. The standard InChI is InChI=1S/C10H18O3/c1-8(11)9-7-12-10(13-9)5-3-2-4-6-10/h8-9,11H,2-7H2,1H3/t8-,9-/m1/s1. The number of aliphatic hydroxyl groups excluding tert-OH is 1. The Balaban J connectivity index is 1.94. The molecule has 2 aliphatic rings. The van der Waals surface area contributed by atoms with E-state index in [-0.39, 0.29) is 11.9 Å². The van der Waals surface area contributed by atoms with E-state index in [9.17, 15) is 5.11 Å². The Morgan fingerprint density at radius 1 is 1.31 bits per heavy atom. The minimum Gasteiger partial charge on any atom is -0.391 e. The average molecular weight is 186 g/mol. The predicted molar refractivity (Wildman–Crippen MR) is 48.3 cm³/mol. The molecule has 2 fully saturated rings. The van der Waals surface area contributed by atoms with Crippen LogP contribution >= 0.6 is 0 Å². The molecule has 0 amide bonds. The van der Waals surface area contributed by atoms with Gasteiger partial charge in [-0.2, -0.15) is 0 Å². The summed E-state index contributed by atoms with van der Waals surface area (Å²) >= 11 is 0. The van der Waals surface area contributed by atoms with Crippen LogP contribution in [-0.2, 0) is 9.47 Å². The fraction of sp³-hybridized carbons (Fsp3) is 1.00. The minimum atomic E-state index is -0.415. The zero-order chi connectivity index (χ0) is 9.31. The molecule has 1 saturated carbocycles. The summed E-state index contributed by atoms with van der Waals surface area (Å²) in [6.07, 6.45) is 5.12. The highest BCUT2D eigenvalue weighted by molar-refractivity contribution is 4.83. The summed E-state index contributed by atoms with van der Waals surface area (Å²) in [4.78, 5) is 0. The summed E-state index contributed by atoms with van der Waals surface area (Å²) in [5, 5.41) is 9.36. The summed E-state index contributed by atoms with van der Waals surface area (Å²) in [7, 11) is 0. The van der Waals surface area contributed by atoms with Gasteiger partial charge in [-0.3, -0.25) is 0 Å². The molecule has 1 aliphatic heterocycles. The van der Waals surface area contributed by atoms with Crippen molar-refractivity contribution in [3.8, 4) is 0 Å². The molecule has 0 aromatic rings. The van der Waals surface area contributed by atoms with Crippen molar-refractivity contribution in [2.45, 2.75) is 57.0 Å². The molecule has 3 nitrogen and oxygen atoms in total. The zero-order valence-electron chi connectivity index (χ0n) is 8.16. The Morgan fingerprint density at radius 2 is 2.00 bits per heavy atom. The van der Waals surface area contributed by atoms with Gasteiger partial charge in [0.05, 0.1) is 12.7 Å². The maximum atomic E-state index is 9.36. The van der Waals surface area contributed by atoms with Crippen LogP contribution in [0.25, 0.3) is 0 Å². The average Bonchev–Trinajstić information content (AvgIpc) is 2.51. The molecule has 0 aromatic carbocycles. The Bertz CT molecular complexity index is 173. The quantitative estimate of drug-likeness (QED) is 0.673. The van der Waals surface area contributed by atoms with Crippen molar-refractivity contribution in [3.63, 3.8) is 0 Å². The molecule has 3 heteroatoms. The number of rotatable bonds is 1. The second-order valence-corrected chi connectivity index (χ2v) is 4.18. The lowest BCUT2D eigenvalue weighted by Crippen LogP contribution is -2.35. The van der Waals surface area contributed by atoms with Gasteiger partial charge in [0.2, 0.25) is 0 Å². The summed E-state index contributed by atoms with van der Waals surface area (Å²) in [6, 6.07) is 0. The van der Waals surface area contributed by atoms with Crippen LogP contribution in [0.3, 0.4) is 0 Å². The maximum absolute atomic E-state index is 9.36. The van der Waals surface area contributed by atoms with Gasteiger partial charge in [-0.15, -0.1) is 0 Å². The van der Waals surface area contributed by atoms with Crippen molar-refractivity contribution in [2.24, 2.45) is 0 Å². The summed E-state index contributed by atoms with van der Waals surface area (Å²) in [5.74, 6) is -0.333. The summed E-state index contributed by atoms with van der Waals surface area (Å²) in [5.41, 5.74) is 0. The highest BCUT2D eigenvalue weighted by Gasteiger charge is 2.43. The largest absolute Gasteiger partial charge is 0.391 e. The molecule has 2 rings (SSSR count). The van der Waals surface area contributed by atoms with Crippen molar-refractivity contribution in [3.05, 3.63) is 0 Å². The van der Waals surface area contributed by atoms with E-state index in [0.717, 1.165) is 12.8 Å². The third-order valence-electron chi connectivity index (χ3n) is 3.03. The van der Waals surface area contributed by atoms with Crippen LogP contribution in [0, 0.1) is 0 Å². The Kier molecular flexibility index (Phi) is 2.58. The molecule has 76 valence electrons. The molecule has 1 heterocycles. The Labute approximate surface area is 79.0 Å². The summed E-state index contributed by atoms with van der Waals surface area (Å²) < 4.78 is 11.5. The van der Waals surface area contributed by atoms with E-state index in [2.05, 4.69) is 0 Å². The SMILES string of the molecule is C[C@@H](O)[C@H]1COC2(CCCCC2)O1. The van der Waals surface area contributed by atoms with E-state index in [4.69, 9.17) is 9.47 Å². The molecule has 1 aliphatic carbocycles. The third kappa shape index (κ3) is 1.87. The van der Waals surface area contributed by atoms with Crippen LogP contribution in [0.2, 0.25) is 0 Å². The van der Waals surface area contributed by atoms with Crippen LogP contribution in [0.1, 0.15) is 39.0 Å². The van der Waals surface area contributed by atoms with E-state index in [1.54, 1.807) is 6.92 Å². The molecule has 0 radical (unpaired) electrons. The molecule has 1 spiro atoms. The van der Waals surface area contributed by atoms with Crippen LogP contribution in [-0.4, -0.2) is 29.7 Å². The predicted octanol–water partition coefficient (Wildman–Crippen LogP) is 1.44. The fourth-order valence-electron chi connectivity index (χ4n) is 2.17. The normalized spacial score (nSPS) is 35.1. The molecule has 13 heavy (non-hydrogen) atoms. The van der Waals surface area contributed by atoms with E-state index < -0.39 is 6.10 Å². The molecule has 0 unspecified atom stereocenters. The number of hydrogen-bond donors (Lipinski definition) is 1. The first-order valence-corrected chi connectivity index (χ1v) is 5.22. The van der Waals surface area contributed by atoms with Crippen molar-refractivity contribution in [1.29, 1.82) is 0 Å². The number of ether oxygens (including phenoxy) is 2. The van der Waals surface area contributed by atoms with Crippen molar-refractivity contribution in [1.82, 2.24) is 0 Å². The van der Waals surface area contributed by atoms with Gasteiger partial charge in [0, 0.05) is 12.8 Å². The van der Waals surface area contributed by atoms with Crippen LogP contribution in [0.15, 0.2) is 0 Å².